The highest BCUT2D eigenvalue weighted by Crippen LogP contribution is 2.28. The summed E-state index contributed by atoms with van der Waals surface area (Å²) in [6.45, 7) is 9.34. The fourth-order valence-corrected chi connectivity index (χ4v) is 4.33. The zero-order valence-electron chi connectivity index (χ0n) is 19.3. The number of hydrogen-bond acceptors (Lipinski definition) is 4. The van der Waals surface area contributed by atoms with Crippen molar-refractivity contribution >= 4 is 11.7 Å². The largest absolute Gasteiger partial charge is 0.353 e. The van der Waals surface area contributed by atoms with E-state index in [1.165, 1.54) is 16.7 Å². The number of hydrogen-bond donors (Lipinski definition) is 0. The summed E-state index contributed by atoms with van der Waals surface area (Å²) in [6.07, 6.45) is 2.32. The number of nitrogens with zero attached hydrogens (tertiary/aromatic N) is 4. The molecule has 1 amide bonds. The Morgan fingerprint density at radius 3 is 2.38 bits per heavy atom. The second kappa shape index (κ2) is 9.94. The molecule has 0 aliphatic carbocycles. The van der Waals surface area contributed by atoms with Gasteiger partial charge in [-0.3, -0.25) is 4.79 Å². The Balaban J connectivity index is 1.68. The molecule has 0 bridgehead atoms. The summed E-state index contributed by atoms with van der Waals surface area (Å²) in [5, 5.41) is 0. The lowest BCUT2D eigenvalue weighted by Gasteiger charge is -2.36. The van der Waals surface area contributed by atoms with Gasteiger partial charge in [0.15, 0.2) is 5.82 Å². The maximum absolute atomic E-state index is 12.4. The quantitative estimate of drug-likeness (QED) is 0.566. The predicted molar refractivity (Wildman–Crippen MR) is 130 cm³/mol. The third kappa shape index (κ3) is 4.98. The molecule has 2 heterocycles. The molecule has 0 saturated carbocycles. The zero-order chi connectivity index (χ0) is 22.5. The third-order valence-electron chi connectivity index (χ3n) is 6.08. The van der Waals surface area contributed by atoms with Crippen LogP contribution < -0.4 is 4.90 Å². The predicted octanol–water partition coefficient (Wildman–Crippen LogP) is 4.80. The van der Waals surface area contributed by atoms with Crippen LogP contribution in [-0.2, 0) is 11.2 Å². The molecule has 0 unspecified atom stereocenters. The van der Waals surface area contributed by atoms with Crippen LogP contribution >= 0.6 is 0 Å². The van der Waals surface area contributed by atoms with Crippen LogP contribution in [0, 0.1) is 13.8 Å². The van der Waals surface area contributed by atoms with E-state index in [2.05, 4.69) is 62.1 Å². The van der Waals surface area contributed by atoms with E-state index in [1.54, 1.807) is 0 Å². The molecule has 32 heavy (non-hydrogen) atoms. The minimum atomic E-state index is 0.260. The first-order chi connectivity index (χ1) is 15.5. The molecule has 1 aliphatic rings. The maximum Gasteiger partial charge on any atom is 0.222 e. The highest BCUT2D eigenvalue weighted by Gasteiger charge is 2.25. The molecule has 5 nitrogen and oxygen atoms in total. The van der Waals surface area contributed by atoms with Crippen LogP contribution in [0.5, 0.6) is 0 Å². The van der Waals surface area contributed by atoms with E-state index in [1.807, 2.05) is 23.1 Å². The van der Waals surface area contributed by atoms with E-state index < -0.39 is 0 Å². The normalized spacial score (nSPS) is 14.0. The van der Waals surface area contributed by atoms with Crippen molar-refractivity contribution in [2.75, 3.05) is 31.1 Å². The fraction of sp³-hybridized carbons (Fsp3) is 0.370. The molecule has 0 radical (unpaired) electrons. The molecule has 1 aliphatic heterocycles. The first kappa shape index (κ1) is 22.0. The smallest absolute Gasteiger partial charge is 0.222 e. The summed E-state index contributed by atoms with van der Waals surface area (Å²) in [6, 6.07) is 18.8. The number of amides is 1. The summed E-state index contributed by atoms with van der Waals surface area (Å²) in [7, 11) is 0. The van der Waals surface area contributed by atoms with Gasteiger partial charge in [-0.1, -0.05) is 67.1 Å². The molecule has 0 spiro atoms. The lowest BCUT2D eigenvalue weighted by molar-refractivity contribution is -0.131. The molecule has 2 aromatic carbocycles. The summed E-state index contributed by atoms with van der Waals surface area (Å²) < 4.78 is 0. The maximum atomic E-state index is 12.4. The van der Waals surface area contributed by atoms with Gasteiger partial charge in [0.05, 0.1) is 0 Å². The van der Waals surface area contributed by atoms with Gasteiger partial charge in [-0.15, -0.1) is 0 Å². The molecule has 1 fully saturated rings. The molecule has 3 aromatic rings. The Bertz CT molecular complexity index is 1070. The summed E-state index contributed by atoms with van der Waals surface area (Å²) >= 11 is 0. The molecule has 0 atom stereocenters. The SMILES string of the molecule is CCCC(=O)N1CCN(c2nc(-c3ccccc3)nc(C)c2Cc2cccc(C)c2)CC1. The van der Waals surface area contributed by atoms with Crippen molar-refractivity contribution in [3.05, 3.63) is 77.0 Å². The van der Waals surface area contributed by atoms with Crippen molar-refractivity contribution in [2.45, 2.75) is 40.0 Å². The molecular weight excluding hydrogens is 396 g/mol. The molecule has 166 valence electrons. The lowest BCUT2D eigenvalue weighted by atomic mass is 10.0. The van der Waals surface area contributed by atoms with Crippen molar-refractivity contribution in [2.24, 2.45) is 0 Å². The number of rotatable bonds is 6. The van der Waals surface area contributed by atoms with Gasteiger partial charge >= 0.3 is 0 Å². The molecule has 4 rings (SSSR count). The number of piperazine rings is 1. The average Bonchev–Trinajstić information content (AvgIpc) is 2.81. The second-order valence-electron chi connectivity index (χ2n) is 8.58. The summed E-state index contributed by atoms with van der Waals surface area (Å²) in [5.74, 6) is 2.02. The van der Waals surface area contributed by atoms with Gasteiger partial charge in [-0.25, -0.2) is 9.97 Å². The number of anilines is 1. The lowest BCUT2D eigenvalue weighted by Crippen LogP contribution is -2.49. The number of benzene rings is 2. The van der Waals surface area contributed by atoms with E-state index in [0.717, 1.165) is 61.9 Å². The van der Waals surface area contributed by atoms with Gasteiger partial charge in [-0.05, 0) is 25.8 Å². The zero-order valence-corrected chi connectivity index (χ0v) is 19.3. The second-order valence-corrected chi connectivity index (χ2v) is 8.58. The van der Waals surface area contributed by atoms with Gasteiger partial charge in [0, 0.05) is 55.8 Å². The fourth-order valence-electron chi connectivity index (χ4n) is 4.33. The van der Waals surface area contributed by atoms with Crippen LogP contribution in [0.1, 0.15) is 42.1 Å². The average molecular weight is 429 g/mol. The summed E-state index contributed by atoms with van der Waals surface area (Å²) in [5.41, 5.74) is 5.73. The van der Waals surface area contributed by atoms with Gasteiger partial charge in [-0.2, -0.15) is 0 Å². The van der Waals surface area contributed by atoms with E-state index in [9.17, 15) is 4.79 Å². The van der Waals surface area contributed by atoms with Crippen molar-refractivity contribution in [1.29, 1.82) is 0 Å². The van der Waals surface area contributed by atoms with E-state index in [4.69, 9.17) is 9.97 Å². The van der Waals surface area contributed by atoms with E-state index in [-0.39, 0.29) is 5.91 Å². The van der Waals surface area contributed by atoms with Crippen LogP contribution in [0.15, 0.2) is 54.6 Å². The Labute approximate surface area is 191 Å². The standard InChI is InChI=1S/C27H32N4O/c1-4-9-25(32)30-14-16-31(17-15-30)27-24(19-22-11-8-10-20(2)18-22)21(3)28-26(29-27)23-12-6-5-7-13-23/h5-8,10-13,18H,4,9,14-17,19H2,1-3H3. The number of carbonyl (C=O) groups excluding carboxylic acids is 1. The first-order valence-corrected chi connectivity index (χ1v) is 11.6. The Hall–Kier alpha value is -3.21. The number of aryl methyl sites for hydroxylation is 2. The molecular formula is C27H32N4O. The molecule has 0 N–H and O–H groups in total. The molecule has 1 saturated heterocycles. The third-order valence-corrected chi connectivity index (χ3v) is 6.08. The highest BCUT2D eigenvalue weighted by molar-refractivity contribution is 5.76. The number of aromatic nitrogens is 2. The van der Waals surface area contributed by atoms with E-state index >= 15 is 0 Å². The van der Waals surface area contributed by atoms with Crippen LogP contribution in [0.25, 0.3) is 11.4 Å². The van der Waals surface area contributed by atoms with Crippen LogP contribution in [0.3, 0.4) is 0 Å². The van der Waals surface area contributed by atoms with E-state index in [0.29, 0.717) is 6.42 Å². The van der Waals surface area contributed by atoms with Gasteiger partial charge in [0.2, 0.25) is 5.91 Å². The van der Waals surface area contributed by atoms with Crippen molar-refractivity contribution < 1.29 is 4.79 Å². The minimum Gasteiger partial charge on any atom is -0.353 e. The Morgan fingerprint density at radius 2 is 1.69 bits per heavy atom. The Morgan fingerprint density at radius 1 is 0.938 bits per heavy atom. The van der Waals surface area contributed by atoms with Gasteiger partial charge in [0.1, 0.15) is 5.82 Å². The minimum absolute atomic E-state index is 0.260. The van der Waals surface area contributed by atoms with Crippen molar-refractivity contribution in [1.82, 2.24) is 14.9 Å². The van der Waals surface area contributed by atoms with Crippen molar-refractivity contribution in [3.63, 3.8) is 0 Å². The molecule has 1 aromatic heterocycles. The van der Waals surface area contributed by atoms with Crippen LogP contribution in [0.4, 0.5) is 5.82 Å². The molecule has 5 heteroatoms. The Kier molecular flexibility index (Phi) is 6.84. The highest BCUT2D eigenvalue weighted by atomic mass is 16.2. The van der Waals surface area contributed by atoms with Crippen LogP contribution in [0.2, 0.25) is 0 Å². The monoisotopic (exact) mass is 428 g/mol. The number of carbonyl (C=O) groups is 1. The van der Waals surface area contributed by atoms with Gasteiger partial charge < -0.3 is 9.80 Å². The van der Waals surface area contributed by atoms with Crippen molar-refractivity contribution in [3.8, 4) is 11.4 Å². The summed E-state index contributed by atoms with van der Waals surface area (Å²) in [4.78, 5) is 26.6. The van der Waals surface area contributed by atoms with Crippen LogP contribution in [-0.4, -0.2) is 47.0 Å². The van der Waals surface area contributed by atoms with Gasteiger partial charge in [0.25, 0.3) is 0 Å². The first-order valence-electron chi connectivity index (χ1n) is 11.6. The topological polar surface area (TPSA) is 49.3 Å².